The number of thiazole rings is 1. The van der Waals surface area contributed by atoms with Gasteiger partial charge in [0, 0.05) is 30.1 Å². The molecule has 0 saturated carbocycles. The van der Waals surface area contributed by atoms with Gasteiger partial charge in [-0.3, -0.25) is 4.79 Å². The first-order chi connectivity index (χ1) is 17.6. The van der Waals surface area contributed by atoms with E-state index >= 15 is 0 Å². The molecule has 2 heterocycles. The monoisotopic (exact) mass is 545 g/mol. The third-order valence-electron chi connectivity index (χ3n) is 6.36. The van der Waals surface area contributed by atoms with Crippen molar-refractivity contribution >= 4 is 43.0 Å². The van der Waals surface area contributed by atoms with Crippen molar-refractivity contribution in [2.45, 2.75) is 30.0 Å². The SMILES string of the molecule is O=C(c1cnc(NC2CCN(S(=O)(=O)c3cccc4ccccc34)CC2)s1)c1ccccc1C(F)(F)F. The molecule has 0 aliphatic carbocycles. The first-order valence-corrected chi connectivity index (χ1v) is 13.8. The number of carbonyl (C=O) groups excluding carboxylic acids is 1. The van der Waals surface area contributed by atoms with E-state index in [2.05, 4.69) is 10.3 Å². The number of piperidine rings is 1. The molecule has 1 fully saturated rings. The first kappa shape index (κ1) is 25.4. The molecule has 1 aliphatic rings. The average molecular weight is 546 g/mol. The minimum Gasteiger partial charge on any atom is -0.359 e. The highest BCUT2D eigenvalue weighted by atomic mass is 32.2. The zero-order chi connectivity index (χ0) is 26.2. The Morgan fingerprint density at radius 2 is 1.65 bits per heavy atom. The number of benzene rings is 3. The van der Waals surface area contributed by atoms with Crippen LogP contribution in [0, 0.1) is 0 Å². The molecule has 192 valence electrons. The number of rotatable bonds is 6. The fraction of sp³-hybridized carbons (Fsp3) is 0.231. The maximum absolute atomic E-state index is 13.4. The highest BCUT2D eigenvalue weighted by Gasteiger charge is 2.35. The number of ketones is 1. The number of aromatic nitrogens is 1. The van der Waals surface area contributed by atoms with Crippen LogP contribution in [0.1, 0.15) is 33.6 Å². The van der Waals surface area contributed by atoms with Crippen LogP contribution >= 0.6 is 11.3 Å². The standard InChI is InChI=1S/C26H22F3N3O3S2/c27-26(28,29)21-10-4-3-9-20(21)24(33)22-16-30-25(36-22)31-18-12-14-32(15-13-18)37(34,35)23-11-5-7-17-6-1-2-8-19(17)23/h1-11,16,18H,12-15H2,(H,30,31). The molecule has 1 saturated heterocycles. The van der Waals surface area contributed by atoms with Crippen molar-refractivity contribution in [3.8, 4) is 0 Å². The normalized spacial score (nSPS) is 15.6. The number of nitrogens with zero attached hydrogens (tertiary/aromatic N) is 2. The summed E-state index contributed by atoms with van der Waals surface area (Å²) in [4.78, 5) is 17.3. The minimum atomic E-state index is -4.64. The van der Waals surface area contributed by atoms with E-state index in [1.54, 1.807) is 18.2 Å². The molecule has 0 radical (unpaired) electrons. The van der Waals surface area contributed by atoms with Crippen molar-refractivity contribution < 1.29 is 26.4 Å². The van der Waals surface area contributed by atoms with Crippen LogP contribution in [0.4, 0.5) is 18.3 Å². The summed E-state index contributed by atoms with van der Waals surface area (Å²) in [6.07, 6.45) is -2.34. The molecule has 0 atom stereocenters. The van der Waals surface area contributed by atoms with Crippen molar-refractivity contribution in [1.29, 1.82) is 0 Å². The lowest BCUT2D eigenvalue weighted by Gasteiger charge is -2.31. The average Bonchev–Trinajstić information content (AvgIpc) is 3.36. The lowest BCUT2D eigenvalue weighted by atomic mass is 10.0. The van der Waals surface area contributed by atoms with Crippen molar-refractivity contribution in [2.24, 2.45) is 0 Å². The Balaban J connectivity index is 1.25. The molecule has 1 aromatic heterocycles. The molecule has 1 N–H and O–H groups in total. The second-order valence-electron chi connectivity index (χ2n) is 8.70. The lowest BCUT2D eigenvalue weighted by molar-refractivity contribution is -0.137. The summed E-state index contributed by atoms with van der Waals surface area (Å²) in [6, 6.07) is 17.2. The zero-order valence-corrected chi connectivity index (χ0v) is 21.0. The number of anilines is 1. The third-order valence-corrected chi connectivity index (χ3v) is 9.24. The molecular formula is C26H22F3N3O3S2. The highest BCUT2D eigenvalue weighted by molar-refractivity contribution is 7.89. The summed E-state index contributed by atoms with van der Waals surface area (Å²) in [5, 5.41) is 5.14. The van der Waals surface area contributed by atoms with E-state index < -0.39 is 33.1 Å². The second-order valence-corrected chi connectivity index (χ2v) is 11.6. The summed E-state index contributed by atoms with van der Waals surface area (Å²) >= 11 is 0.982. The number of nitrogens with one attached hydrogen (secondary N) is 1. The van der Waals surface area contributed by atoms with Crippen LogP contribution in [-0.4, -0.2) is 42.6 Å². The Kier molecular flexibility index (Phi) is 6.78. The van der Waals surface area contributed by atoms with Gasteiger partial charge in [-0.25, -0.2) is 13.4 Å². The van der Waals surface area contributed by atoms with Crippen molar-refractivity contribution in [2.75, 3.05) is 18.4 Å². The Labute approximate surface area is 215 Å². The molecule has 0 amide bonds. The predicted octanol–water partition coefficient (Wildman–Crippen LogP) is 5.81. The van der Waals surface area contributed by atoms with Crippen LogP contribution in [0.15, 0.2) is 77.8 Å². The molecule has 0 bridgehead atoms. The fourth-order valence-corrected chi connectivity index (χ4v) is 7.01. The van der Waals surface area contributed by atoms with Gasteiger partial charge in [-0.1, -0.05) is 65.9 Å². The van der Waals surface area contributed by atoms with E-state index in [1.807, 2.05) is 24.3 Å². The molecule has 0 unspecified atom stereocenters. The minimum absolute atomic E-state index is 0.0875. The summed E-state index contributed by atoms with van der Waals surface area (Å²) in [5.74, 6) is -0.741. The van der Waals surface area contributed by atoms with Gasteiger partial charge in [0.05, 0.1) is 21.5 Å². The smallest absolute Gasteiger partial charge is 0.359 e. The van der Waals surface area contributed by atoms with Crippen LogP contribution in [0.5, 0.6) is 0 Å². The van der Waals surface area contributed by atoms with Gasteiger partial charge in [0.25, 0.3) is 0 Å². The Morgan fingerprint density at radius 3 is 2.41 bits per heavy atom. The number of halogens is 3. The molecule has 6 nitrogen and oxygen atoms in total. The van der Waals surface area contributed by atoms with Crippen LogP contribution in [0.25, 0.3) is 10.8 Å². The first-order valence-electron chi connectivity index (χ1n) is 11.6. The maximum Gasteiger partial charge on any atom is 0.417 e. The highest BCUT2D eigenvalue weighted by Crippen LogP contribution is 2.34. The van der Waals surface area contributed by atoms with E-state index in [9.17, 15) is 26.4 Å². The predicted molar refractivity (Wildman–Crippen MR) is 136 cm³/mol. The number of carbonyl (C=O) groups is 1. The molecule has 11 heteroatoms. The topological polar surface area (TPSA) is 79.4 Å². The summed E-state index contributed by atoms with van der Waals surface area (Å²) in [5.41, 5.74) is -1.40. The number of fused-ring (bicyclic) bond motifs is 1. The maximum atomic E-state index is 13.4. The van der Waals surface area contributed by atoms with Gasteiger partial charge in [-0.2, -0.15) is 17.5 Å². The van der Waals surface area contributed by atoms with Gasteiger partial charge in [-0.15, -0.1) is 0 Å². The van der Waals surface area contributed by atoms with Gasteiger partial charge in [-0.05, 0) is 30.4 Å². The molecule has 5 rings (SSSR count). The summed E-state index contributed by atoms with van der Waals surface area (Å²) < 4.78 is 68.1. The molecule has 37 heavy (non-hydrogen) atoms. The lowest BCUT2D eigenvalue weighted by Crippen LogP contribution is -2.42. The zero-order valence-electron chi connectivity index (χ0n) is 19.4. The van der Waals surface area contributed by atoms with Crippen molar-refractivity contribution in [1.82, 2.24) is 9.29 Å². The van der Waals surface area contributed by atoms with E-state index in [1.165, 1.54) is 22.6 Å². The van der Waals surface area contributed by atoms with Gasteiger partial charge in [0.1, 0.15) is 0 Å². The van der Waals surface area contributed by atoms with Crippen LogP contribution in [-0.2, 0) is 16.2 Å². The van der Waals surface area contributed by atoms with Crippen LogP contribution in [0.3, 0.4) is 0 Å². The van der Waals surface area contributed by atoms with E-state index in [4.69, 9.17) is 0 Å². The fourth-order valence-electron chi connectivity index (χ4n) is 4.48. The summed E-state index contributed by atoms with van der Waals surface area (Å²) in [6.45, 7) is 0.610. The largest absolute Gasteiger partial charge is 0.417 e. The quantitative estimate of drug-likeness (QED) is 0.309. The van der Waals surface area contributed by atoms with Crippen molar-refractivity contribution in [3.63, 3.8) is 0 Å². The number of alkyl halides is 3. The number of sulfonamides is 1. The molecule has 1 aliphatic heterocycles. The molecule has 3 aromatic carbocycles. The molecule has 0 spiro atoms. The van der Waals surface area contributed by atoms with Gasteiger partial charge < -0.3 is 5.32 Å². The molecular weight excluding hydrogens is 523 g/mol. The number of hydrogen-bond acceptors (Lipinski definition) is 6. The van der Waals surface area contributed by atoms with E-state index in [0.717, 1.165) is 28.9 Å². The van der Waals surface area contributed by atoms with Gasteiger partial charge in [0.15, 0.2) is 5.13 Å². The van der Waals surface area contributed by atoms with Gasteiger partial charge >= 0.3 is 6.18 Å². The molecule has 4 aromatic rings. The van der Waals surface area contributed by atoms with Crippen LogP contribution < -0.4 is 5.32 Å². The Hall–Kier alpha value is -3.28. The Bertz CT molecular complexity index is 1550. The Morgan fingerprint density at radius 1 is 0.973 bits per heavy atom. The number of hydrogen-bond donors (Lipinski definition) is 1. The van der Waals surface area contributed by atoms with Gasteiger partial charge in [0.2, 0.25) is 15.8 Å². The third kappa shape index (κ3) is 5.11. The second kappa shape index (κ2) is 9.88. The van der Waals surface area contributed by atoms with E-state index in [0.29, 0.717) is 36.4 Å². The van der Waals surface area contributed by atoms with E-state index in [-0.39, 0.29) is 15.8 Å². The van der Waals surface area contributed by atoms with Crippen molar-refractivity contribution in [3.05, 3.63) is 88.9 Å². The van der Waals surface area contributed by atoms with Crippen LogP contribution in [0.2, 0.25) is 0 Å². The summed E-state index contributed by atoms with van der Waals surface area (Å²) in [7, 11) is -3.68.